The Morgan fingerprint density at radius 2 is 1.67 bits per heavy atom. The van der Waals surface area contributed by atoms with Gasteiger partial charge in [-0.15, -0.1) is 0 Å². The normalized spacial score (nSPS) is 18.7. The Morgan fingerprint density at radius 3 is 2.44 bits per heavy atom. The summed E-state index contributed by atoms with van der Waals surface area (Å²) in [4.78, 5) is 12.8. The van der Waals surface area contributed by atoms with Crippen LogP contribution in [0.4, 0.5) is 0 Å². The van der Waals surface area contributed by atoms with Crippen LogP contribution in [0.2, 0.25) is 0 Å². The van der Waals surface area contributed by atoms with Crippen LogP contribution in [0.1, 0.15) is 25.5 Å². The number of benzene rings is 2. The van der Waals surface area contributed by atoms with E-state index in [9.17, 15) is 4.79 Å². The first-order chi connectivity index (χ1) is 13.1. The van der Waals surface area contributed by atoms with E-state index in [1.807, 2.05) is 36.4 Å². The van der Waals surface area contributed by atoms with Gasteiger partial charge in [0.2, 0.25) is 6.10 Å². The summed E-state index contributed by atoms with van der Waals surface area (Å²) in [6, 6.07) is 13.0. The Bertz CT molecular complexity index is 835. The molecule has 2 heterocycles. The monoisotopic (exact) mass is 369 g/mol. The van der Waals surface area contributed by atoms with E-state index in [4.69, 9.17) is 18.9 Å². The van der Waals surface area contributed by atoms with E-state index in [1.165, 1.54) is 0 Å². The molecule has 1 amide bonds. The maximum atomic E-state index is 12.8. The lowest BCUT2D eigenvalue weighted by molar-refractivity contribution is -0.131. The first-order valence-corrected chi connectivity index (χ1v) is 9.20. The molecule has 0 fully saturated rings. The van der Waals surface area contributed by atoms with Gasteiger partial charge >= 0.3 is 0 Å². The van der Waals surface area contributed by atoms with E-state index in [0.29, 0.717) is 30.5 Å². The summed E-state index contributed by atoms with van der Waals surface area (Å²) in [5.74, 6) is 2.69. The first kappa shape index (κ1) is 17.5. The lowest BCUT2D eigenvalue weighted by Crippen LogP contribution is -2.46. The molecular formula is C21H23NO5. The fourth-order valence-corrected chi connectivity index (χ4v) is 3.28. The number of amides is 1. The van der Waals surface area contributed by atoms with Crippen molar-refractivity contribution in [2.75, 3.05) is 19.8 Å². The van der Waals surface area contributed by atoms with Gasteiger partial charge in [0.05, 0.1) is 6.04 Å². The van der Waals surface area contributed by atoms with E-state index in [-0.39, 0.29) is 24.5 Å². The highest BCUT2D eigenvalue weighted by molar-refractivity contribution is 5.82. The molecule has 142 valence electrons. The van der Waals surface area contributed by atoms with Crippen molar-refractivity contribution < 1.29 is 23.7 Å². The Kier molecular flexibility index (Phi) is 4.79. The van der Waals surface area contributed by atoms with Crippen LogP contribution < -0.4 is 24.3 Å². The van der Waals surface area contributed by atoms with E-state index in [2.05, 4.69) is 19.2 Å². The topological polar surface area (TPSA) is 66.0 Å². The highest BCUT2D eigenvalue weighted by Gasteiger charge is 2.30. The fraction of sp³-hybridized carbons (Fsp3) is 0.381. The van der Waals surface area contributed by atoms with E-state index in [0.717, 1.165) is 11.3 Å². The zero-order valence-electron chi connectivity index (χ0n) is 15.4. The van der Waals surface area contributed by atoms with Crippen molar-refractivity contribution in [1.29, 1.82) is 0 Å². The molecule has 2 aliphatic rings. The third kappa shape index (κ3) is 3.65. The Morgan fingerprint density at radius 1 is 0.963 bits per heavy atom. The van der Waals surface area contributed by atoms with Crippen molar-refractivity contribution in [3.63, 3.8) is 0 Å². The molecule has 6 nitrogen and oxygen atoms in total. The van der Waals surface area contributed by atoms with Gasteiger partial charge < -0.3 is 24.3 Å². The van der Waals surface area contributed by atoms with Gasteiger partial charge in [0, 0.05) is 0 Å². The van der Waals surface area contributed by atoms with E-state index in [1.54, 1.807) is 6.07 Å². The van der Waals surface area contributed by atoms with Crippen molar-refractivity contribution in [3.05, 3.63) is 48.0 Å². The third-order valence-corrected chi connectivity index (χ3v) is 4.69. The van der Waals surface area contributed by atoms with Crippen LogP contribution in [0, 0.1) is 5.92 Å². The van der Waals surface area contributed by atoms with Crippen LogP contribution in [0.25, 0.3) is 0 Å². The molecule has 0 aliphatic carbocycles. The maximum absolute atomic E-state index is 12.8. The quantitative estimate of drug-likeness (QED) is 0.897. The van der Waals surface area contributed by atoms with Crippen molar-refractivity contribution in [2.45, 2.75) is 26.0 Å². The predicted octanol–water partition coefficient (Wildman–Crippen LogP) is 3.11. The zero-order valence-corrected chi connectivity index (χ0v) is 15.4. The second kappa shape index (κ2) is 7.39. The van der Waals surface area contributed by atoms with Crippen molar-refractivity contribution >= 4 is 5.91 Å². The molecule has 27 heavy (non-hydrogen) atoms. The fourth-order valence-electron chi connectivity index (χ4n) is 3.28. The highest BCUT2D eigenvalue weighted by Crippen LogP contribution is 2.35. The summed E-state index contributed by atoms with van der Waals surface area (Å²) in [7, 11) is 0. The molecule has 0 saturated heterocycles. The molecule has 0 unspecified atom stereocenters. The SMILES string of the molecule is CC(C)[C@H](NC(=O)[C@H]1COc2ccccc2O1)c1ccc2c(c1)OCCO2. The molecule has 2 atom stereocenters. The third-order valence-electron chi connectivity index (χ3n) is 4.69. The number of hydrogen-bond acceptors (Lipinski definition) is 5. The van der Waals surface area contributed by atoms with Gasteiger partial charge in [-0.1, -0.05) is 32.0 Å². The number of fused-ring (bicyclic) bond motifs is 2. The van der Waals surface area contributed by atoms with Gasteiger partial charge in [0.1, 0.15) is 19.8 Å². The number of carbonyl (C=O) groups excluding carboxylic acids is 1. The van der Waals surface area contributed by atoms with Gasteiger partial charge in [-0.05, 0) is 35.7 Å². The number of hydrogen-bond donors (Lipinski definition) is 1. The molecule has 2 aromatic rings. The largest absolute Gasteiger partial charge is 0.486 e. The van der Waals surface area contributed by atoms with Crippen molar-refractivity contribution in [3.8, 4) is 23.0 Å². The Hall–Kier alpha value is -2.89. The smallest absolute Gasteiger partial charge is 0.265 e. The average molecular weight is 369 g/mol. The van der Waals surface area contributed by atoms with Crippen molar-refractivity contribution in [2.24, 2.45) is 5.92 Å². The minimum absolute atomic E-state index is 0.172. The van der Waals surface area contributed by atoms with Crippen molar-refractivity contribution in [1.82, 2.24) is 5.32 Å². The van der Waals surface area contributed by atoms with Gasteiger partial charge in [-0.25, -0.2) is 0 Å². The summed E-state index contributed by atoms with van der Waals surface area (Å²) in [6.45, 7) is 5.40. The summed E-state index contributed by atoms with van der Waals surface area (Å²) in [6.07, 6.45) is -0.682. The number of nitrogens with one attached hydrogen (secondary N) is 1. The van der Waals surface area contributed by atoms with Crippen LogP contribution in [0.5, 0.6) is 23.0 Å². The number of para-hydroxylation sites is 2. The summed E-state index contributed by atoms with van der Waals surface area (Å²) in [5.41, 5.74) is 0.972. The first-order valence-electron chi connectivity index (χ1n) is 9.20. The van der Waals surface area contributed by atoms with Crippen LogP contribution >= 0.6 is 0 Å². The molecule has 0 saturated carbocycles. The molecule has 0 radical (unpaired) electrons. The summed E-state index contributed by atoms with van der Waals surface area (Å²) >= 11 is 0. The number of carbonyl (C=O) groups is 1. The second-order valence-corrected chi connectivity index (χ2v) is 7.00. The molecule has 6 heteroatoms. The zero-order chi connectivity index (χ0) is 18.8. The van der Waals surface area contributed by atoms with E-state index < -0.39 is 6.10 Å². The molecular weight excluding hydrogens is 346 g/mol. The van der Waals surface area contributed by atoms with Crippen LogP contribution in [0.3, 0.4) is 0 Å². The van der Waals surface area contributed by atoms with E-state index >= 15 is 0 Å². The Labute approximate surface area is 158 Å². The number of rotatable bonds is 4. The lowest BCUT2D eigenvalue weighted by Gasteiger charge is -2.29. The molecule has 2 aromatic carbocycles. The minimum Gasteiger partial charge on any atom is -0.486 e. The van der Waals surface area contributed by atoms with Gasteiger partial charge in [-0.2, -0.15) is 0 Å². The molecule has 2 aliphatic heterocycles. The molecule has 0 aromatic heterocycles. The van der Waals surface area contributed by atoms with Gasteiger partial charge in [0.15, 0.2) is 23.0 Å². The standard InChI is InChI=1S/C21H23NO5/c1-13(2)20(14-7-8-16-18(11-14)25-10-9-24-16)22-21(23)19-12-26-15-5-3-4-6-17(15)27-19/h3-8,11,13,19-20H,9-10,12H2,1-2H3,(H,22,23)/t19-,20+/m1/s1. The van der Waals surface area contributed by atoms with Gasteiger partial charge in [-0.3, -0.25) is 4.79 Å². The van der Waals surface area contributed by atoms with Crippen LogP contribution in [-0.4, -0.2) is 31.8 Å². The Balaban J connectivity index is 1.50. The molecule has 1 N–H and O–H groups in total. The van der Waals surface area contributed by atoms with Crippen LogP contribution in [-0.2, 0) is 4.79 Å². The minimum atomic E-state index is -0.682. The molecule has 4 rings (SSSR count). The van der Waals surface area contributed by atoms with Gasteiger partial charge in [0.25, 0.3) is 5.91 Å². The highest BCUT2D eigenvalue weighted by atomic mass is 16.6. The van der Waals surface area contributed by atoms with Crippen LogP contribution in [0.15, 0.2) is 42.5 Å². The maximum Gasteiger partial charge on any atom is 0.265 e. The summed E-state index contributed by atoms with van der Waals surface area (Å²) < 4.78 is 22.7. The predicted molar refractivity (Wildman–Crippen MR) is 99.5 cm³/mol. The second-order valence-electron chi connectivity index (χ2n) is 7.00. The average Bonchev–Trinajstić information content (AvgIpc) is 2.71. The number of ether oxygens (including phenoxy) is 4. The molecule has 0 bridgehead atoms. The lowest BCUT2D eigenvalue weighted by atomic mass is 9.95. The summed E-state index contributed by atoms with van der Waals surface area (Å²) in [5, 5.41) is 3.10. The molecule has 0 spiro atoms.